The fraction of sp³-hybridized carbons (Fsp3) is 0.692. The zero-order chi connectivity index (χ0) is 12.3. The van der Waals surface area contributed by atoms with Crippen LogP contribution in [-0.2, 0) is 13.6 Å². The lowest BCUT2D eigenvalue weighted by molar-refractivity contribution is 0.0614. The number of aliphatic hydroxyl groups is 1. The molecule has 0 aliphatic heterocycles. The maximum Gasteiger partial charge on any atom is 0.0591 e. The van der Waals surface area contributed by atoms with E-state index in [9.17, 15) is 5.11 Å². The van der Waals surface area contributed by atoms with E-state index in [1.165, 1.54) is 5.56 Å². The summed E-state index contributed by atoms with van der Waals surface area (Å²) in [7, 11) is 4.09. The van der Waals surface area contributed by atoms with Gasteiger partial charge in [0.2, 0.25) is 0 Å². The molecule has 0 aromatic carbocycles. The number of aliphatic hydroxyl groups excluding tert-OH is 1. The molecule has 1 aromatic rings. The highest BCUT2D eigenvalue weighted by molar-refractivity contribution is 5.09. The highest BCUT2D eigenvalue weighted by Crippen LogP contribution is 2.24. The first kappa shape index (κ1) is 13.3. The van der Waals surface area contributed by atoms with E-state index in [2.05, 4.69) is 45.0 Å². The second-order valence-corrected chi connectivity index (χ2v) is 5.66. The summed E-state index contributed by atoms with van der Waals surface area (Å²) >= 11 is 0. The van der Waals surface area contributed by atoms with Crippen molar-refractivity contribution in [3.05, 3.63) is 24.0 Å². The summed E-state index contributed by atoms with van der Waals surface area (Å²) in [5.74, 6) is 0. The molecule has 1 unspecified atom stereocenters. The Bertz CT molecular complexity index is 325. The van der Waals surface area contributed by atoms with Crippen LogP contribution in [0, 0.1) is 5.41 Å². The minimum Gasteiger partial charge on any atom is -0.395 e. The quantitative estimate of drug-likeness (QED) is 0.845. The molecule has 0 aliphatic carbocycles. The Morgan fingerprint density at radius 3 is 2.44 bits per heavy atom. The molecule has 0 bridgehead atoms. The molecule has 0 fully saturated rings. The van der Waals surface area contributed by atoms with E-state index >= 15 is 0 Å². The predicted octanol–water partition coefficient (Wildman–Crippen LogP) is 1.86. The second-order valence-electron chi connectivity index (χ2n) is 5.66. The van der Waals surface area contributed by atoms with E-state index in [4.69, 9.17) is 0 Å². The van der Waals surface area contributed by atoms with Crippen molar-refractivity contribution in [3.63, 3.8) is 0 Å². The zero-order valence-corrected chi connectivity index (χ0v) is 11.1. The van der Waals surface area contributed by atoms with Crippen LogP contribution in [0.1, 0.15) is 26.3 Å². The number of likely N-dealkylation sites (N-methyl/N-ethyl adjacent to an activating group) is 1. The summed E-state index contributed by atoms with van der Waals surface area (Å²) in [6.45, 7) is 7.57. The lowest BCUT2D eigenvalue weighted by Gasteiger charge is -2.36. The summed E-state index contributed by atoms with van der Waals surface area (Å²) in [5.41, 5.74) is 1.38. The van der Waals surface area contributed by atoms with E-state index in [1.807, 2.05) is 17.8 Å². The van der Waals surface area contributed by atoms with Crippen LogP contribution in [0.25, 0.3) is 0 Å². The topological polar surface area (TPSA) is 28.4 Å². The van der Waals surface area contributed by atoms with Crippen LogP contribution >= 0.6 is 0 Å². The van der Waals surface area contributed by atoms with Crippen molar-refractivity contribution in [1.29, 1.82) is 0 Å². The average Bonchev–Trinajstić information content (AvgIpc) is 2.49. The van der Waals surface area contributed by atoms with E-state index < -0.39 is 0 Å². The third-order valence-electron chi connectivity index (χ3n) is 3.03. The van der Waals surface area contributed by atoms with Gasteiger partial charge in [-0.3, -0.25) is 4.90 Å². The molecular formula is C13H24N2O. The Hall–Kier alpha value is -0.800. The Balaban J connectivity index is 2.66. The SMILES string of the molecule is CN(Cc1ccn(C)c1)C(CO)C(C)(C)C. The minimum atomic E-state index is 0.0955. The summed E-state index contributed by atoms with van der Waals surface area (Å²) in [6, 6.07) is 2.31. The predicted molar refractivity (Wildman–Crippen MR) is 67.2 cm³/mol. The van der Waals surface area contributed by atoms with Crippen LogP contribution in [0.3, 0.4) is 0 Å². The molecule has 0 aliphatic rings. The third kappa shape index (κ3) is 3.35. The van der Waals surface area contributed by atoms with Crippen molar-refractivity contribution in [2.24, 2.45) is 12.5 Å². The van der Waals surface area contributed by atoms with E-state index in [0.29, 0.717) is 0 Å². The van der Waals surface area contributed by atoms with Gasteiger partial charge in [-0.05, 0) is 24.1 Å². The number of rotatable bonds is 4. The molecule has 92 valence electrons. The fourth-order valence-electron chi connectivity index (χ4n) is 2.13. The number of aryl methyl sites for hydroxylation is 1. The van der Waals surface area contributed by atoms with Crippen LogP contribution in [0.15, 0.2) is 18.5 Å². The molecule has 1 atom stereocenters. The van der Waals surface area contributed by atoms with Crippen LogP contribution in [0.5, 0.6) is 0 Å². The van der Waals surface area contributed by atoms with E-state index in [-0.39, 0.29) is 18.1 Å². The molecular weight excluding hydrogens is 200 g/mol. The van der Waals surface area contributed by atoms with Gasteiger partial charge in [0.1, 0.15) is 0 Å². The van der Waals surface area contributed by atoms with Gasteiger partial charge in [0.05, 0.1) is 6.61 Å². The molecule has 0 spiro atoms. The van der Waals surface area contributed by atoms with Crippen molar-refractivity contribution < 1.29 is 5.11 Å². The van der Waals surface area contributed by atoms with Gasteiger partial charge in [0.15, 0.2) is 0 Å². The van der Waals surface area contributed by atoms with E-state index in [1.54, 1.807) is 0 Å². The van der Waals surface area contributed by atoms with Gasteiger partial charge >= 0.3 is 0 Å². The van der Waals surface area contributed by atoms with Crippen LogP contribution in [-0.4, -0.2) is 34.3 Å². The molecule has 0 saturated heterocycles. The van der Waals surface area contributed by atoms with Crippen LogP contribution in [0.2, 0.25) is 0 Å². The number of hydrogen-bond donors (Lipinski definition) is 1. The highest BCUT2D eigenvalue weighted by Gasteiger charge is 2.27. The summed E-state index contributed by atoms with van der Waals surface area (Å²) < 4.78 is 2.05. The maximum absolute atomic E-state index is 9.47. The lowest BCUT2D eigenvalue weighted by atomic mass is 9.86. The third-order valence-corrected chi connectivity index (χ3v) is 3.03. The van der Waals surface area contributed by atoms with Gasteiger partial charge in [-0.25, -0.2) is 0 Å². The Morgan fingerprint density at radius 2 is 2.06 bits per heavy atom. The Morgan fingerprint density at radius 1 is 1.44 bits per heavy atom. The van der Waals surface area contributed by atoms with E-state index in [0.717, 1.165) is 6.54 Å². The van der Waals surface area contributed by atoms with Crippen LogP contribution < -0.4 is 0 Å². The standard InChI is InChI=1S/C13H24N2O/c1-13(2,3)12(10-16)15(5)9-11-6-7-14(4)8-11/h6-8,12,16H,9-10H2,1-5H3. The average molecular weight is 224 g/mol. The highest BCUT2D eigenvalue weighted by atomic mass is 16.3. The maximum atomic E-state index is 9.47. The second kappa shape index (κ2) is 5.02. The number of aromatic nitrogens is 1. The molecule has 1 heterocycles. The van der Waals surface area contributed by atoms with Gasteiger partial charge < -0.3 is 9.67 Å². The van der Waals surface area contributed by atoms with Crippen molar-refractivity contribution in [2.75, 3.05) is 13.7 Å². The van der Waals surface area contributed by atoms with Crippen LogP contribution in [0.4, 0.5) is 0 Å². The number of hydrogen-bond acceptors (Lipinski definition) is 2. The monoisotopic (exact) mass is 224 g/mol. The van der Waals surface area contributed by atoms with Crippen molar-refractivity contribution in [1.82, 2.24) is 9.47 Å². The Labute approximate surface area is 98.7 Å². The van der Waals surface area contributed by atoms with Crippen molar-refractivity contribution in [3.8, 4) is 0 Å². The summed E-state index contributed by atoms with van der Waals surface area (Å²) in [4.78, 5) is 2.22. The summed E-state index contributed by atoms with van der Waals surface area (Å²) in [5, 5.41) is 9.47. The molecule has 3 heteroatoms. The molecule has 0 radical (unpaired) electrons. The van der Waals surface area contributed by atoms with Crippen molar-refractivity contribution in [2.45, 2.75) is 33.4 Å². The normalized spacial score (nSPS) is 14.4. The van der Waals surface area contributed by atoms with Gasteiger partial charge in [0, 0.05) is 32.0 Å². The molecule has 3 nitrogen and oxygen atoms in total. The first-order valence-electron chi connectivity index (χ1n) is 5.76. The van der Waals surface area contributed by atoms with Crippen molar-refractivity contribution >= 4 is 0 Å². The summed E-state index contributed by atoms with van der Waals surface area (Å²) in [6.07, 6.45) is 4.17. The molecule has 0 amide bonds. The number of nitrogens with zero attached hydrogens (tertiary/aromatic N) is 2. The molecule has 1 aromatic heterocycles. The largest absolute Gasteiger partial charge is 0.395 e. The van der Waals surface area contributed by atoms with Gasteiger partial charge in [-0.1, -0.05) is 20.8 Å². The fourth-order valence-corrected chi connectivity index (χ4v) is 2.13. The van der Waals surface area contributed by atoms with Gasteiger partial charge in [-0.2, -0.15) is 0 Å². The van der Waals surface area contributed by atoms with Gasteiger partial charge in [0.25, 0.3) is 0 Å². The zero-order valence-electron chi connectivity index (χ0n) is 11.1. The minimum absolute atomic E-state index is 0.0955. The smallest absolute Gasteiger partial charge is 0.0591 e. The molecule has 1 rings (SSSR count). The molecule has 0 saturated carbocycles. The van der Waals surface area contributed by atoms with Gasteiger partial charge in [-0.15, -0.1) is 0 Å². The Kier molecular flexibility index (Phi) is 4.16. The first-order chi connectivity index (χ1) is 7.34. The first-order valence-corrected chi connectivity index (χ1v) is 5.76. The lowest BCUT2D eigenvalue weighted by Crippen LogP contribution is -2.43. The molecule has 1 N–H and O–H groups in total. The molecule has 16 heavy (non-hydrogen) atoms.